The third kappa shape index (κ3) is 2.96. The molecule has 0 amide bonds. The fraction of sp³-hybridized carbons (Fsp3) is 0.231. The van der Waals surface area contributed by atoms with Gasteiger partial charge >= 0.3 is 0 Å². The van der Waals surface area contributed by atoms with Gasteiger partial charge in [-0.15, -0.1) is 11.3 Å². The van der Waals surface area contributed by atoms with E-state index < -0.39 is 6.10 Å². The maximum atomic E-state index is 10.4. The summed E-state index contributed by atoms with van der Waals surface area (Å²) in [7, 11) is 0. The molecule has 2 rings (SSSR count). The van der Waals surface area contributed by atoms with Gasteiger partial charge in [0.25, 0.3) is 0 Å². The van der Waals surface area contributed by atoms with Crippen LogP contribution >= 0.6 is 27.3 Å². The molecule has 0 saturated carbocycles. The number of halogens is 1. The number of aliphatic hydroxyl groups is 1. The molecule has 2 atom stereocenters. The minimum absolute atomic E-state index is 0.0539. The smallest absolute Gasteiger partial charge is 0.0962 e. The maximum absolute atomic E-state index is 10.4. The second kappa shape index (κ2) is 5.78. The highest BCUT2D eigenvalue weighted by molar-refractivity contribution is 9.11. The number of thiophene rings is 1. The Hall–Kier alpha value is -0.680. The normalized spacial score (nSPS) is 14.5. The van der Waals surface area contributed by atoms with Crippen LogP contribution in [0.5, 0.6) is 0 Å². The molecule has 17 heavy (non-hydrogen) atoms. The van der Waals surface area contributed by atoms with Crippen LogP contribution in [0.4, 0.5) is 0 Å². The molecule has 2 nitrogen and oxygen atoms in total. The number of nitrogens with two attached hydrogens (primary N) is 1. The van der Waals surface area contributed by atoms with Crippen LogP contribution in [0.3, 0.4) is 0 Å². The van der Waals surface area contributed by atoms with Crippen LogP contribution in [-0.4, -0.2) is 11.7 Å². The molecule has 2 aromatic rings. The topological polar surface area (TPSA) is 46.2 Å². The Balaban J connectivity index is 2.25. The Morgan fingerprint density at radius 1 is 1.18 bits per heavy atom. The average Bonchev–Trinajstić information content (AvgIpc) is 2.78. The van der Waals surface area contributed by atoms with Crippen LogP contribution in [0, 0.1) is 0 Å². The van der Waals surface area contributed by atoms with Crippen molar-refractivity contribution in [2.75, 3.05) is 6.54 Å². The van der Waals surface area contributed by atoms with Crippen molar-refractivity contribution >= 4 is 27.3 Å². The van der Waals surface area contributed by atoms with Gasteiger partial charge in [-0.3, -0.25) is 0 Å². The third-order valence-electron chi connectivity index (χ3n) is 2.75. The van der Waals surface area contributed by atoms with E-state index in [1.807, 2.05) is 42.5 Å². The van der Waals surface area contributed by atoms with Gasteiger partial charge in [0.1, 0.15) is 0 Å². The van der Waals surface area contributed by atoms with E-state index in [2.05, 4.69) is 15.9 Å². The fourth-order valence-corrected chi connectivity index (χ4v) is 3.31. The predicted molar refractivity (Wildman–Crippen MR) is 75.2 cm³/mol. The first kappa shape index (κ1) is 12.8. The van der Waals surface area contributed by atoms with Gasteiger partial charge < -0.3 is 10.8 Å². The van der Waals surface area contributed by atoms with E-state index in [9.17, 15) is 5.11 Å². The summed E-state index contributed by atoms with van der Waals surface area (Å²) in [6, 6.07) is 13.8. The second-order valence-corrected chi connectivity index (χ2v) is 6.33. The van der Waals surface area contributed by atoms with Crippen molar-refractivity contribution in [2.24, 2.45) is 5.73 Å². The van der Waals surface area contributed by atoms with E-state index in [4.69, 9.17) is 5.73 Å². The number of rotatable bonds is 4. The van der Waals surface area contributed by atoms with Crippen molar-refractivity contribution in [2.45, 2.75) is 12.0 Å². The number of benzene rings is 1. The van der Waals surface area contributed by atoms with Gasteiger partial charge in [-0.2, -0.15) is 0 Å². The van der Waals surface area contributed by atoms with Crippen molar-refractivity contribution in [1.82, 2.24) is 0 Å². The number of hydrogen-bond acceptors (Lipinski definition) is 3. The Morgan fingerprint density at radius 3 is 2.41 bits per heavy atom. The first-order valence-electron chi connectivity index (χ1n) is 5.40. The van der Waals surface area contributed by atoms with Crippen LogP contribution in [-0.2, 0) is 0 Å². The molecule has 2 unspecified atom stereocenters. The Kier molecular flexibility index (Phi) is 4.34. The highest BCUT2D eigenvalue weighted by Crippen LogP contribution is 2.35. The van der Waals surface area contributed by atoms with Gasteiger partial charge in [0.2, 0.25) is 0 Å². The Labute approximate surface area is 113 Å². The monoisotopic (exact) mass is 311 g/mol. The molecule has 0 fully saturated rings. The summed E-state index contributed by atoms with van der Waals surface area (Å²) < 4.78 is 1.02. The molecule has 90 valence electrons. The zero-order valence-corrected chi connectivity index (χ0v) is 11.6. The molecule has 0 spiro atoms. The molecule has 1 heterocycles. The van der Waals surface area contributed by atoms with Gasteiger partial charge in [0, 0.05) is 17.3 Å². The van der Waals surface area contributed by atoms with Crippen molar-refractivity contribution in [3.05, 3.63) is 56.7 Å². The summed E-state index contributed by atoms with van der Waals surface area (Å²) in [6.07, 6.45) is -0.543. The van der Waals surface area contributed by atoms with Gasteiger partial charge in [0.15, 0.2) is 0 Å². The summed E-state index contributed by atoms with van der Waals surface area (Å²) in [4.78, 5) is 0.941. The largest absolute Gasteiger partial charge is 0.387 e. The lowest BCUT2D eigenvalue weighted by molar-refractivity contribution is 0.151. The fourth-order valence-electron chi connectivity index (χ4n) is 1.83. The molecule has 0 aliphatic carbocycles. The van der Waals surface area contributed by atoms with Crippen LogP contribution < -0.4 is 5.73 Å². The van der Waals surface area contributed by atoms with Crippen LogP contribution in [0.25, 0.3) is 0 Å². The maximum Gasteiger partial charge on any atom is 0.0962 e. The van der Waals surface area contributed by atoms with E-state index in [-0.39, 0.29) is 5.92 Å². The van der Waals surface area contributed by atoms with Crippen LogP contribution in [0.2, 0.25) is 0 Å². The molecule has 4 heteroatoms. The van der Waals surface area contributed by atoms with E-state index in [1.165, 1.54) is 0 Å². The lowest BCUT2D eigenvalue weighted by Crippen LogP contribution is -2.19. The van der Waals surface area contributed by atoms with Crippen LogP contribution in [0.1, 0.15) is 22.5 Å². The van der Waals surface area contributed by atoms with Gasteiger partial charge in [0.05, 0.1) is 9.89 Å². The molecule has 0 radical (unpaired) electrons. The Morgan fingerprint density at radius 2 is 1.88 bits per heavy atom. The average molecular weight is 312 g/mol. The zero-order valence-electron chi connectivity index (χ0n) is 9.21. The molecule has 0 aliphatic rings. The highest BCUT2D eigenvalue weighted by Gasteiger charge is 2.22. The minimum Gasteiger partial charge on any atom is -0.387 e. The van der Waals surface area contributed by atoms with Gasteiger partial charge in [-0.05, 0) is 33.6 Å². The van der Waals surface area contributed by atoms with Crippen molar-refractivity contribution in [3.8, 4) is 0 Å². The molecule has 0 aliphatic heterocycles. The van der Waals surface area contributed by atoms with E-state index in [0.717, 1.165) is 14.2 Å². The zero-order chi connectivity index (χ0) is 12.3. The van der Waals surface area contributed by atoms with E-state index >= 15 is 0 Å². The number of hydrogen-bond donors (Lipinski definition) is 2. The van der Waals surface area contributed by atoms with Gasteiger partial charge in [-0.25, -0.2) is 0 Å². The molecule has 0 saturated heterocycles. The third-order valence-corrected chi connectivity index (χ3v) is 4.44. The predicted octanol–water partition coefficient (Wildman–Crippen LogP) is 3.29. The lowest BCUT2D eigenvalue weighted by atomic mass is 9.93. The second-order valence-electron chi connectivity index (χ2n) is 3.84. The SMILES string of the molecule is NCC(c1ccccc1)C(O)c1ccc(Br)s1. The molecule has 3 N–H and O–H groups in total. The molecular formula is C13H14BrNOS. The van der Waals surface area contributed by atoms with E-state index in [0.29, 0.717) is 6.54 Å². The van der Waals surface area contributed by atoms with Crippen LogP contribution in [0.15, 0.2) is 46.3 Å². The van der Waals surface area contributed by atoms with Crippen molar-refractivity contribution in [1.29, 1.82) is 0 Å². The molecule has 1 aromatic carbocycles. The molecular weight excluding hydrogens is 298 g/mol. The first-order chi connectivity index (χ1) is 8.22. The summed E-state index contributed by atoms with van der Waals surface area (Å²) in [5, 5.41) is 10.4. The Bertz CT molecular complexity index is 471. The number of aliphatic hydroxyl groups excluding tert-OH is 1. The summed E-state index contributed by atoms with van der Waals surface area (Å²) in [6.45, 7) is 0.431. The lowest BCUT2D eigenvalue weighted by Gasteiger charge is -2.20. The standard InChI is InChI=1S/C13H14BrNOS/c14-12-7-6-11(17-12)13(16)10(8-15)9-4-2-1-3-5-9/h1-7,10,13,16H,8,15H2. The summed E-state index contributed by atoms with van der Waals surface area (Å²) >= 11 is 4.95. The molecule has 1 aromatic heterocycles. The van der Waals surface area contributed by atoms with Crippen molar-refractivity contribution in [3.63, 3.8) is 0 Å². The van der Waals surface area contributed by atoms with E-state index in [1.54, 1.807) is 11.3 Å². The quantitative estimate of drug-likeness (QED) is 0.910. The van der Waals surface area contributed by atoms with Crippen molar-refractivity contribution < 1.29 is 5.11 Å². The molecule has 0 bridgehead atoms. The highest BCUT2D eigenvalue weighted by atomic mass is 79.9. The summed E-state index contributed by atoms with van der Waals surface area (Å²) in [5.74, 6) is -0.0539. The summed E-state index contributed by atoms with van der Waals surface area (Å²) in [5.41, 5.74) is 6.86. The first-order valence-corrected chi connectivity index (χ1v) is 7.01. The minimum atomic E-state index is -0.543. The van der Waals surface area contributed by atoms with Gasteiger partial charge in [-0.1, -0.05) is 30.3 Å².